The van der Waals surface area contributed by atoms with Crippen LogP contribution >= 0.6 is 0 Å². The van der Waals surface area contributed by atoms with Crippen molar-refractivity contribution >= 4 is 0 Å². The maximum atomic E-state index is 5.52. The zero-order valence-corrected chi connectivity index (χ0v) is 6.86. The number of rotatable bonds is 3. The van der Waals surface area contributed by atoms with Gasteiger partial charge in [0.15, 0.2) is 0 Å². The maximum Gasteiger partial charge on any atom is 0.138 e. The first-order valence-electron chi connectivity index (χ1n) is 4.20. The van der Waals surface area contributed by atoms with Crippen LogP contribution < -0.4 is 10.5 Å². The van der Waals surface area contributed by atoms with E-state index in [0.717, 1.165) is 11.4 Å². The molecule has 1 heterocycles. The van der Waals surface area contributed by atoms with Gasteiger partial charge in [0.25, 0.3) is 0 Å². The van der Waals surface area contributed by atoms with Crippen LogP contribution in [0.5, 0.6) is 5.75 Å². The average molecular weight is 164 g/mol. The summed E-state index contributed by atoms with van der Waals surface area (Å²) in [6, 6.07) is 3.82. The summed E-state index contributed by atoms with van der Waals surface area (Å²) in [6.45, 7) is 0.490. The molecular weight excluding hydrogens is 152 g/mol. The predicted molar refractivity (Wildman–Crippen MR) is 45.8 cm³/mol. The summed E-state index contributed by atoms with van der Waals surface area (Å²) in [5, 5.41) is 0. The number of hydrogen-bond acceptors (Lipinski definition) is 3. The molecule has 2 rings (SSSR count). The molecule has 0 saturated heterocycles. The molecule has 1 saturated carbocycles. The van der Waals surface area contributed by atoms with Crippen molar-refractivity contribution in [2.24, 2.45) is 5.73 Å². The molecule has 0 aromatic carbocycles. The van der Waals surface area contributed by atoms with Gasteiger partial charge in [-0.05, 0) is 25.0 Å². The maximum absolute atomic E-state index is 5.52. The summed E-state index contributed by atoms with van der Waals surface area (Å²) >= 11 is 0. The quantitative estimate of drug-likeness (QED) is 0.727. The van der Waals surface area contributed by atoms with Crippen molar-refractivity contribution in [3.8, 4) is 5.75 Å². The fraction of sp³-hybridized carbons (Fsp3) is 0.444. The van der Waals surface area contributed by atoms with Gasteiger partial charge < -0.3 is 10.5 Å². The Hall–Kier alpha value is -1.09. The second-order valence-corrected chi connectivity index (χ2v) is 3.01. The highest BCUT2D eigenvalue weighted by molar-refractivity contribution is 5.20. The molecule has 0 atom stereocenters. The zero-order valence-electron chi connectivity index (χ0n) is 6.86. The number of hydrogen-bond donors (Lipinski definition) is 1. The van der Waals surface area contributed by atoms with Crippen LogP contribution in [0.1, 0.15) is 18.5 Å². The number of ether oxygens (including phenoxy) is 1. The van der Waals surface area contributed by atoms with E-state index in [1.54, 1.807) is 6.20 Å². The Bertz CT molecular complexity index is 254. The highest BCUT2D eigenvalue weighted by Gasteiger charge is 2.23. The Morgan fingerprint density at radius 2 is 2.33 bits per heavy atom. The molecule has 3 nitrogen and oxygen atoms in total. The zero-order chi connectivity index (χ0) is 8.39. The van der Waals surface area contributed by atoms with Crippen LogP contribution in [0.2, 0.25) is 0 Å². The van der Waals surface area contributed by atoms with Gasteiger partial charge in [-0.1, -0.05) is 0 Å². The summed E-state index contributed by atoms with van der Waals surface area (Å²) in [5.74, 6) is 0.856. The smallest absolute Gasteiger partial charge is 0.138 e. The van der Waals surface area contributed by atoms with Gasteiger partial charge in [0.05, 0.1) is 18.0 Å². The lowest BCUT2D eigenvalue weighted by Gasteiger charge is -2.03. The molecule has 0 spiro atoms. The van der Waals surface area contributed by atoms with E-state index in [-0.39, 0.29) is 0 Å². The third kappa shape index (κ3) is 1.74. The van der Waals surface area contributed by atoms with E-state index in [9.17, 15) is 0 Å². The fourth-order valence-corrected chi connectivity index (χ4v) is 0.980. The van der Waals surface area contributed by atoms with E-state index in [2.05, 4.69) is 4.98 Å². The Morgan fingerprint density at radius 3 is 2.83 bits per heavy atom. The first kappa shape index (κ1) is 7.55. The second-order valence-electron chi connectivity index (χ2n) is 3.01. The molecule has 0 amide bonds. The third-order valence-electron chi connectivity index (χ3n) is 1.83. The first-order chi connectivity index (χ1) is 5.88. The van der Waals surface area contributed by atoms with Gasteiger partial charge in [0.2, 0.25) is 0 Å². The topological polar surface area (TPSA) is 48.1 Å². The van der Waals surface area contributed by atoms with E-state index in [1.807, 2.05) is 12.1 Å². The summed E-state index contributed by atoms with van der Waals surface area (Å²) in [5.41, 5.74) is 6.31. The molecule has 2 N–H and O–H groups in total. The SMILES string of the molecule is NCc1ccc(OC2CC2)cn1. The lowest BCUT2D eigenvalue weighted by molar-refractivity contribution is 0.302. The van der Waals surface area contributed by atoms with Gasteiger partial charge in [0.1, 0.15) is 5.75 Å². The van der Waals surface area contributed by atoms with Crippen LogP contribution in [-0.4, -0.2) is 11.1 Å². The Kier molecular flexibility index (Phi) is 1.96. The summed E-state index contributed by atoms with van der Waals surface area (Å²) in [6.07, 6.45) is 4.54. The van der Waals surface area contributed by atoms with Gasteiger partial charge in [-0.15, -0.1) is 0 Å². The van der Waals surface area contributed by atoms with Crippen LogP contribution in [0.3, 0.4) is 0 Å². The Labute approximate surface area is 71.6 Å². The van der Waals surface area contributed by atoms with Gasteiger partial charge in [-0.25, -0.2) is 0 Å². The summed E-state index contributed by atoms with van der Waals surface area (Å²) < 4.78 is 5.52. The lowest BCUT2D eigenvalue weighted by Crippen LogP contribution is -2.00. The molecule has 12 heavy (non-hydrogen) atoms. The second kappa shape index (κ2) is 3.11. The van der Waals surface area contributed by atoms with Crippen molar-refractivity contribution in [1.82, 2.24) is 4.98 Å². The van der Waals surface area contributed by atoms with Crippen LogP contribution in [0, 0.1) is 0 Å². The van der Waals surface area contributed by atoms with Crippen LogP contribution in [0.15, 0.2) is 18.3 Å². The molecule has 1 fully saturated rings. The van der Waals surface area contributed by atoms with Crippen molar-refractivity contribution in [2.75, 3.05) is 0 Å². The molecular formula is C9H12N2O. The number of nitrogens with zero attached hydrogens (tertiary/aromatic N) is 1. The summed E-state index contributed by atoms with van der Waals surface area (Å²) in [4.78, 5) is 4.13. The van der Waals surface area contributed by atoms with Crippen LogP contribution in [0.25, 0.3) is 0 Å². The molecule has 3 heteroatoms. The fourth-order valence-electron chi connectivity index (χ4n) is 0.980. The minimum absolute atomic E-state index is 0.440. The van der Waals surface area contributed by atoms with Gasteiger partial charge in [0, 0.05) is 6.54 Å². The molecule has 1 aromatic heterocycles. The van der Waals surface area contributed by atoms with Gasteiger partial charge >= 0.3 is 0 Å². The standard InChI is InChI=1S/C9H12N2O/c10-5-7-1-2-9(6-11-7)12-8-3-4-8/h1-2,6,8H,3-5,10H2. The lowest BCUT2D eigenvalue weighted by atomic mass is 10.3. The number of nitrogens with two attached hydrogens (primary N) is 1. The van der Waals surface area contributed by atoms with E-state index in [1.165, 1.54) is 12.8 Å². The molecule has 1 aliphatic carbocycles. The molecule has 0 aliphatic heterocycles. The highest BCUT2D eigenvalue weighted by Crippen LogP contribution is 2.25. The van der Waals surface area contributed by atoms with Crippen LogP contribution in [-0.2, 0) is 6.54 Å². The minimum Gasteiger partial charge on any atom is -0.489 e. The Morgan fingerprint density at radius 1 is 1.50 bits per heavy atom. The van der Waals surface area contributed by atoms with E-state index >= 15 is 0 Å². The molecule has 64 valence electrons. The van der Waals surface area contributed by atoms with Crippen molar-refractivity contribution in [1.29, 1.82) is 0 Å². The highest BCUT2D eigenvalue weighted by atomic mass is 16.5. The number of aromatic nitrogens is 1. The largest absolute Gasteiger partial charge is 0.489 e. The molecule has 1 aromatic rings. The normalized spacial score (nSPS) is 16.1. The van der Waals surface area contributed by atoms with Crippen molar-refractivity contribution in [2.45, 2.75) is 25.5 Å². The molecule has 0 bridgehead atoms. The van der Waals surface area contributed by atoms with E-state index in [0.29, 0.717) is 12.6 Å². The van der Waals surface area contributed by atoms with E-state index < -0.39 is 0 Å². The Balaban J connectivity index is 2.02. The van der Waals surface area contributed by atoms with E-state index in [4.69, 9.17) is 10.5 Å². The van der Waals surface area contributed by atoms with Crippen molar-refractivity contribution < 1.29 is 4.74 Å². The molecule has 1 aliphatic rings. The van der Waals surface area contributed by atoms with Gasteiger partial charge in [-0.3, -0.25) is 4.98 Å². The summed E-state index contributed by atoms with van der Waals surface area (Å²) in [7, 11) is 0. The van der Waals surface area contributed by atoms with Crippen LogP contribution in [0.4, 0.5) is 0 Å². The molecule has 0 unspecified atom stereocenters. The van der Waals surface area contributed by atoms with Crippen molar-refractivity contribution in [3.63, 3.8) is 0 Å². The minimum atomic E-state index is 0.440. The van der Waals surface area contributed by atoms with Gasteiger partial charge in [-0.2, -0.15) is 0 Å². The average Bonchev–Trinajstić information content (AvgIpc) is 2.90. The predicted octanol–water partition coefficient (Wildman–Crippen LogP) is 1.08. The first-order valence-corrected chi connectivity index (χ1v) is 4.20. The number of pyridine rings is 1. The van der Waals surface area contributed by atoms with Crippen molar-refractivity contribution in [3.05, 3.63) is 24.0 Å². The monoisotopic (exact) mass is 164 g/mol. The molecule has 0 radical (unpaired) electrons. The third-order valence-corrected chi connectivity index (χ3v) is 1.83.